The van der Waals surface area contributed by atoms with Crippen molar-refractivity contribution in [1.82, 2.24) is 10.2 Å². The summed E-state index contributed by atoms with van der Waals surface area (Å²) in [6, 6.07) is 13.9. The van der Waals surface area contributed by atoms with Gasteiger partial charge in [0.2, 0.25) is 0 Å². The molecular formula is C19H25FIN3O2. The molecule has 0 bridgehead atoms. The number of nitrogens with zero attached hydrogens (tertiary/aromatic N) is 2. The van der Waals surface area contributed by atoms with E-state index in [2.05, 4.69) is 10.3 Å². The first-order valence-electron chi connectivity index (χ1n) is 8.25. The van der Waals surface area contributed by atoms with E-state index >= 15 is 0 Å². The van der Waals surface area contributed by atoms with Crippen molar-refractivity contribution < 1.29 is 14.2 Å². The molecule has 0 fully saturated rings. The lowest BCUT2D eigenvalue weighted by molar-refractivity contribution is 0.281. The predicted octanol–water partition coefficient (Wildman–Crippen LogP) is 3.63. The Balaban J connectivity index is 0.00000338. The molecular weight excluding hydrogens is 448 g/mol. The average molecular weight is 473 g/mol. The Labute approximate surface area is 170 Å². The first-order chi connectivity index (χ1) is 12.1. The third-order valence-electron chi connectivity index (χ3n) is 3.56. The van der Waals surface area contributed by atoms with Crippen LogP contribution in [0.25, 0.3) is 0 Å². The number of halogens is 2. The number of phenolic OH excluding ortho intramolecular Hbond substituents is 1. The van der Waals surface area contributed by atoms with Crippen LogP contribution in [0.3, 0.4) is 0 Å². The Morgan fingerprint density at radius 3 is 2.62 bits per heavy atom. The molecule has 0 amide bonds. The molecule has 0 aliphatic carbocycles. The lowest BCUT2D eigenvalue weighted by Gasteiger charge is -2.22. The average Bonchev–Trinajstić information content (AvgIpc) is 2.62. The number of benzene rings is 2. The molecule has 142 valence electrons. The number of hydrogen-bond acceptors (Lipinski definition) is 3. The largest absolute Gasteiger partial charge is 0.505 e. The number of likely N-dealkylation sites (N-methyl/N-ethyl adjacent to an activating group) is 1. The van der Waals surface area contributed by atoms with E-state index in [4.69, 9.17) is 4.74 Å². The van der Waals surface area contributed by atoms with E-state index < -0.39 is 5.82 Å². The molecule has 2 aromatic carbocycles. The van der Waals surface area contributed by atoms with Crippen LogP contribution in [0.4, 0.5) is 4.39 Å². The SMILES string of the molecule is CCNC(=NCc1ccc(O)c(F)c1)N(C)CCOc1ccccc1.I. The van der Waals surface area contributed by atoms with Gasteiger partial charge in [-0.25, -0.2) is 9.38 Å². The van der Waals surface area contributed by atoms with Crippen molar-refractivity contribution in [2.45, 2.75) is 13.5 Å². The van der Waals surface area contributed by atoms with Crippen LogP contribution in [0.5, 0.6) is 11.5 Å². The molecule has 2 N–H and O–H groups in total. The molecule has 26 heavy (non-hydrogen) atoms. The quantitative estimate of drug-likeness (QED) is 0.367. The molecule has 0 aliphatic rings. The topological polar surface area (TPSA) is 57.1 Å². The lowest BCUT2D eigenvalue weighted by atomic mass is 10.2. The zero-order chi connectivity index (χ0) is 18.1. The summed E-state index contributed by atoms with van der Waals surface area (Å²) in [5.74, 6) is 0.558. The van der Waals surface area contributed by atoms with Crippen LogP contribution in [-0.4, -0.2) is 42.7 Å². The third kappa shape index (κ3) is 7.07. The number of phenols is 1. The van der Waals surface area contributed by atoms with Gasteiger partial charge in [-0.2, -0.15) is 0 Å². The first kappa shape index (κ1) is 22.0. The highest BCUT2D eigenvalue weighted by molar-refractivity contribution is 14.0. The second kappa shape index (κ2) is 11.6. The number of hydrogen-bond donors (Lipinski definition) is 2. The van der Waals surface area contributed by atoms with E-state index in [1.165, 1.54) is 12.1 Å². The maximum absolute atomic E-state index is 13.4. The van der Waals surface area contributed by atoms with Gasteiger partial charge in [0.25, 0.3) is 0 Å². The van der Waals surface area contributed by atoms with E-state index in [1.54, 1.807) is 6.07 Å². The van der Waals surface area contributed by atoms with Crippen molar-refractivity contribution in [3.05, 3.63) is 59.9 Å². The number of ether oxygens (including phenoxy) is 1. The number of aliphatic imine (C=N–C) groups is 1. The minimum Gasteiger partial charge on any atom is -0.505 e. The van der Waals surface area contributed by atoms with Crippen molar-refractivity contribution in [2.75, 3.05) is 26.7 Å². The summed E-state index contributed by atoms with van der Waals surface area (Å²) in [5, 5.41) is 12.4. The maximum atomic E-state index is 13.4. The fraction of sp³-hybridized carbons (Fsp3) is 0.316. The molecule has 2 rings (SSSR count). The summed E-state index contributed by atoms with van der Waals surface area (Å²) < 4.78 is 19.1. The van der Waals surface area contributed by atoms with Crippen LogP contribution in [0.2, 0.25) is 0 Å². The summed E-state index contributed by atoms with van der Waals surface area (Å²) in [6.45, 7) is 4.23. The third-order valence-corrected chi connectivity index (χ3v) is 3.56. The van der Waals surface area contributed by atoms with Crippen LogP contribution in [-0.2, 0) is 6.54 Å². The number of para-hydroxylation sites is 1. The molecule has 0 heterocycles. The number of guanidine groups is 1. The summed E-state index contributed by atoms with van der Waals surface area (Å²) in [7, 11) is 1.92. The Morgan fingerprint density at radius 1 is 1.23 bits per heavy atom. The minimum atomic E-state index is -0.637. The van der Waals surface area contributed by atoms with Gasteiger partial charge in [0.15, 0.2) is 17.5 Å². The molecule has 0 saturated carbocycles. The van der Waals surface area contributed by atoms with Gasteiger partial charge >= 0.3 is 0 Å². The number of nitrogens with one attached hydrogen (secondary N) is 1. The Hall–Kier alpha value is -2.03. The van der Waals surface area contributed by atoms with Gasteiger partial charge in [0, 0.05) is 13.6 Å². The molecule has 0 spiro atoms. The van der Waals surface area contributed by atoms with E-state index in [9.17, 15) is 9.50 Å². The van der Waals surface area contributed by atoms with Crippen molar-refractivity contribution in [3.63, 3.8) is 0 Å². The first-order valence-corrected chi connectivity index (χ1v) is 8.25. The standard InChI is InChI=1S/C19H24FN3O2.HI/c1-3-21-19(22-14-15-9-10-18(24)17(20)13-15)23(2)11-12-25-16-7-5-4-6-8-16;/h4-10,13,24H,3,11-12,14H2,1-2H3,(H,21,22);1H. The molecule has 0 unspecified atom stereocenters. The monoisotopic (exact) mass is 473 g/mol. The summed E-state index contributed by atoms with van der Waals surface area (Å²) in [5.41, 5.74) is 0.694. The van der Waals surface area contributed by atoms with Crippen molar-refractivity contribution in [2.24, 2.45) is 4.99 Å². The fourth-order valence-electron chi connectivity index (χ4n) is 2.21. The molecule has 0 atom stereocenters. The van der Waals surface area contributed by atoms with Gasteiger partial charge in [-0.05, 0) is 36.8 Å². The van der Waals surface area contributed by atoms with Crippen molar-refractivity contribution >= 4 is 29.9 Å². The Kier molecular flexibility index (Phi) is 9.79. The molecule has 2 aromatic rings. The van der Waals surface area contributed by atoms with Gasteiger partial charge in [-0.15, -0.1) is 24.0 Å². The molecule has 0 saturated heterocycles. The second-order valence-electron chi connectivity index (χ2n) is 5.54. The molecule has 5 nitrogen and oxygen atoms in total. The van der Waals surface area contributed by atoms with Crippen LogP contribution in [0.1, 0.15) is 12.5 Å². The lowest BCUT2D eigenvalue weighted by Crippen LogP contribution is -2.40. The van der Waals surface area contributed by atoms with Gasteiger partial charge < -0.3 is 20.1 Å². The van der Waals surface area contributed by atoms with Crippen LogP contribution < -0.4 is 10.1 Å². The number of rotatable bonds is 7. The number of aromatic hydroxyl groups is 1. The van der Waals surface area contributed by atoms with Crippen LogP contribution >= 0.6 is 24.0 Å². The summed E-state index contributed by atoms with van der Waals surface area (Å²) in [6.07, 6.45) is 0. The van der Waals surface area contributed by atoms with Gasteiger partial charge in [0.05, 0.1) is 13.1 Å². The fourth-order valence-corrected chi connectivity index (χ4v) is 2.21. The second-order valence-corrected chi connectivity index (χ2v) is 5.54. The summed E-state index contributed by atoms with van der Waals surface area (Å²) in [4.78, 5) is 6.47. The van der Waals surface area contributed by atoms with Crippen molar-refractivity contribution in [1.29, 1.82) is 0 Å². The van der Waals surface area contributed by atoms with E-state index in [0.29, 0.717) is 31.2 Å². The normalized spacial score (nSPS) is 10.8. The van der Waals surface area contributed by atoms with Crippen LogP contribution in [0, 0.1) is 5.82 Å². The van der Waals surface area contributed by atoms with E-state index in [0.717, 1.165) is 12.3 Å². The minimum absolute atomic E-state index is 0. The van der Waals surface area contributed by atoms with E-state index in [-0.39, 0.29) is 29.7 Å². The molecule has 7 heteroatoms. The van der Waals surface area contributed by atoms with Gasteiger partial charge in [-0.3, -0.25) is 0 Å². The zero-order valence-electron chi connectivity index (χ0n) is 15.0. The predicted molar refractivity (Wildman–Crippen MR) is 113 cm³/mol. The van der Waals surface area contributed by atoms with Gasteiger partial charge in [-0.1, -0.05) is 24.3 Å². The maximum Gasteiger partial charge on any atom is 0.194 e. The molecule has 0 radical (unpaired) electrons. The van der Waals surface area contributed by atoms with E-state index in [1.807, 2.05) is 49.2 Å². The van der Waals surface area contributed by atoms with Crippen molar-refractivity contribution in [3.8, 4) is 11.5 Å². The Bertz CT molecular complexity index is 698. The highest BCUT2D eigenvalue weighted by Gasteiger charge is 2.07. The highest BCUT2D eigenvalue weighted by atomic mass is 127. The molecule has 0 aromatic heterocycles. The highest BCUT2D eigenvalue weighted by Crippen LogP contribution is 2.16. The summed E-state index contributed by atoms with van der Waals surface area (Å²) >= 11 is 0. The van der Waals surface area contributed by atoms with Crippen LogP contribution in [0.15, 0.2) is 53.5 Å². The molecule has 0 aliphatic heterocycles. The smallest absolute Gasteiger partial charge is 0.194 e. The van der Waals surface area contributed by atoms with Gasteiger partial charge in [0.1, 0.15) is 12.4 Å². The Morgan fingerprint density at radius 2 is 1.96 bits per heavy atom. The zero-order valence-corrected chi connectivity index (χ0v) is 17.3.